The van der Waals surface area contributed by atoms with Crippen molar-refractivity contribution in [3.8, 4) is 0 Å². The molecule has 1 aliphatic carbocycles. The van der Waals surface area contributed by atoms with Gasteiger partial charge in [0.1, 0.15) is 6.10 Å². The highest BCUT2D eigenvalue weighted by Crippen LogP contribution is 2.26. The third kappa shape index (κ3) is 4.41. The van der Waals surface area contributed by atoms with E-state index in [2.05, 4.69) is 17.6 Å². The van der Waals surface area contributed by atoms with Crippen LogP contribution in [0.15, 0.2) is 0 Å². The molecule has 0 aromatic heterocycles. The van der Waals surface area contributed by atoms with Crippen molar-refractivity contribution in [1.82, 2.24) is 10.6 Å². The number of nitrogens with one attached hydrogen (secondary N) is 2. The lowest BCUT2D eigenvalue weighted by Crippen LogP contribution is -2.51. The van der Waals surface area contributed by atoms with Gasteiger partial charge in [-0.3, -0.25) is 4.79 Å². The van der Waals surface area contributed by atoms with Crippen molar-refractivity contribution in [3.05, 3.63) is 0 Å². The van der Waals surface area contributed by atoms with E-state index in [1.807, 2.05) is 0 Å². The summed E-state index contributed by atoms with van der Waals surface area (Å²) < 4.78 is 5.46. The van der Waals surface area contributed by atoms with E-state index >= 15 is 0 Å². The molecule has 1 amide bonds. The molecule has 18 heavy (non-hydrogen) atoms. The van der Waals surface area contributed by atoms with Crippen LogP contribution in [0.5, 0.6) is 0 Å². The molecule has 3 unspecified atom stereocenters. The van der Waals surface area contributed by atoms with Gasteiger partial charge in [-0.1, -0.05) is 26.2 Å². The molecule has 0 aromatic carbocycles. The smallest absolute Gasteiger partial charge is 0.250 e. The summed E-state index contributed by atoms with van der Waals surface area (Å²) in [4.78, 5) is 12.0. The maximum atomic E-state index is 12.0. The van der Waals surface area contributed by atoms with E-state index in [0.29, 0.717) is 19.2 Å². The average molecular weight is 277 g/mol. The summed E-state index contributed by atoms with van der Waals surface area (Å²) in [5.74, 6) is 0.860. The Bertz CT molecular complexity index is 257. The standard InChI is InChI=1S/C13H24N2O2.ClH/c1-2-10-4-3-5-11(8-10)15-13(16)12-9-14-6-7-17-12;/h10-12,14H,2-9H2,1H3,(H,15,16);1H. The average Bonchev–Trinajstić information content (AvgIpc) is 2.40. The number of ether oxygens (including phenoxy) is 1. The van der Waals surface area contributed by atoms with Crippen molar-refractivity contribution >= 4 is 18.3 Å². The number of carbonyl (C=O) groups excluding carboxylic acids is 1. The molecule has 2 aliphatic rings. The molecule has 2 fully saturated rings. The van der Waals surface area contributed by atoms with Crippen molar-refractivity contribution in [1.29, 1.82) is 0 Å². The molecule has 0 aromatic rings. The Balaban J connectivity index is 0.00000162. The Kier molecular flexibility index (Phi) is 6.97. The molecule has 0 radical (unpaired) electrons. The molecule has 3 atom stereocenters. The summed E-state index contributed by atoms with van der Waals surface area (Å²) in [7, 11) is 0. The Morgan fingerprint density at radius 1 is 1.44 bits per heavy atom. The molecule has 0 spiro atoms. The van der Waals surface area contributed by atoms with Crippen LogP contribution in [0, 0.1) is 5.92 Å². The lowest BCUT2D eigenvalue weighted by molar-refractivity contribution is -0.135. The fourth-order valence-corrected chi connectivity index (χ4v) is 2.82. The topological polar surface area (TPSA) is 50.4 Å². The van der Waals surface area contributed by atoms with Crippen LogP contribution >= 0.6 is 12.4 Å². The SMILES string of the molecule is CCC1CCCC(NC(=O)C2CNCCO2)C1.Cl. The maximum Gasteiger partial charge on any atom is 0.250 e. The molecular weight excluding hydrogens is 252 g/mol. The van der Waals surface area contributed by atoms with Crippen LogP contribution in [0.1, 0.15) is 39.0 Å². The van der Waals surface area contributed by atoms with E-state index in [1.54, 1.807) is 0 Å². The van der Waals surface area contributed by atoms with E-state index in [0.717, 1.165) is 25.3 Å². The van der Waals surface area contributed by atoms with Gasteiger partial charge in [0.25, 0.3) is 5.91 Å². The van der Waals surface area contributed by atoms with Gasteiger partial charge in [0.05, 0.1) is 6.61 Å². The maximum absolute atomic E-state index is 12.0. The minimum Gasteiger partial charge on any atom is -0.366 e. The molecule has 106 valence electrons. The van der Waals surface area contributed by atoms with Gasteiger partial charge in [-0.25, -0.2) is 0 Å². The second-order valence-corrected chi connectivity index (χ2v) is 5.21. The lowest BCUT2D eigenvalue weighted by atomic mass is 9.84. The summed E-state index contributed by atoms with van der Waals surface area (Å²) in [6.45, 7) is 4.38. The predicted octanol–water partition coefficient (Wildman–Crippen LogP) is 1.48. The quantitative estimate of drug-likeness (QED) is 0.821. The van der Waals surface area contributed by atoms with Crippen LogP contribution in [0.25, 0.3) is 0 Å². The van der Waals surface area contributed by atoms with E-state index < -0.39 is 0 Å². The van der Waals surface area contributed by atoms with Crippen LogP contribution in [-0.4, -0.2) is 37.7 Å². The number of rotatable bonds is 3. The summed E-state index contributed by atoms with van der Waals surface area (Å²) >= 11 is 0. The zero-order valence-corrected chi connectivity index (χ0v) is 11.9. The first-order chi connectivity index (χ1) is 8.29. The van der Waals surface area contributed by atoms with Gasteiger partial charge < -0.3 is 15.4 Å². The Hall–Kier alpha value is -0.320. The summed E-state index contributed by atoms with van der Waals surface area (Å²) in [5.41, 5.74) is 0. The Morgan fingerprint density at radius 3 is 2.94 bits per heavy atom. The zero-order valence-electron chi connectivity index (χ0n) is 11.1. The fraction of sp³-hybridized carbons (Fsp3) is 0.923. The molecule has 1 aliphatic heterocycles. The second-order valence-electron chi connectivity index (χ2n) is 5.21. The normalized spacial score (nSPS) is 32.4. The first kappa shape index (κ1) is 15.7. The second kappa shape index (κ2) is 7.97. The highest BCUT2D eigenvalue weighted by atomic mass is 35.5. The van der Waals surface area contributed by atoms with Gasteiger partial charge in [-0.2, -0.15) is 0 Å². The van der Waals surface area contributed by atoms with Crippen molar-refractivity contribution < 1.29 is 9.53 Å². The highest BCUT2D eigenvalue weighted by molar-refractivity contribution is 5.85. The minimum absolute atomic E-state index is 0. The molecule has 2 N–H and O–H groups in total. The van der Waals surface area contributed by atoms with E-state index in [9.17, 15) is 4.79 Å². The van der Waals surface area contributed by atoms with Crippen molar-refractivity contribution in [3.63, 3.8) is 0 Å². The third-order valence-electron chi connectivity index (χ3n) is 3.93. The molecule has 5 heteroatoms. The van der Waals surface area contributed by atoms with Crippen LogP contribution in [0.2, 0.25) is 0 Å². The first-order valence-corrected chi connectivity index (χ1v) is 6.92. The van der Waals surface area contributed by atoms with Gasteiger partial charge in [-0.05, 0) is 18.8 Å². The first-order valence-electron chi connectivity index (χ1n) is 6.92. The zero-order chi connectivity index (χ0) is 12.1. The fourth-order valence-electron chi connectivity index (χ4n) is 2.82. The Labute approximate surface area is 116 Å². The summed E-state index contributed by atoms with van der Waals surface area (Å²) in [5, 5.41) is 6.34. The largest absolute Gasteiger partial charge is 0.366 e. The van der Waals surface area contributed by atoms with Gasteiger partial charge in [0.15, 0.2) is 0 Å². The molecular formula is C13H25ClN2O2. The molecule has 1 saturated carbocycles. The lowest BCUT2D eigenvalue weighted by Gasteiger charge is -2.31. The number of carbonyl (C=O) groups is 1. The van der Waals surface area contributed by atoms with Crippen molar-refractivity contribution in [2.45, 2.75) is 51.2 Å². The molecule has 1 saturated heterocycles. The van der Waals surface area contributed by atoms with Crippen molar-refractivity contribution in [2.24, 2.45) is 5.92 Å². The molecule has 1 heterocycles. The van der Waals surface area contributed by atoms with Crippen LogP contribution in [0.4, 0.5) is 0 Å². The number of halogens is 1. The van der Waals surface area contributed by atoms with Crippen LogP contribution in [-0.2, 0) is 9.53 Å². The van der Waals surface area contributed by atoms with Crippen LogP contribution < -0.4 is 10.6 Å². The highest BCUT2D eigenvalue weighted by Gasteiger charge is 2.26. The van der Waals surface area contributed by atoms with E-state index in [1.165, 1.54) is 19.3 Å². The predicted molar refractivity (Wildman–Crippen MR) is 74.0 cm³/mol. The van der Waals surface area contributed by atoms with Crippen LogP contribution in [0.3, 0.4) is 0 Å². The van der Waals surface area contributed by atoms with E-state index in [-0.39, 0.29) is 24.4 Å². The summed E-state index contributed by atoms with van der Waals surface area (Å²) in [6.07, 6.45) is 5.78. The number of amides is 1. The number of morpholine rings is 1. The van der Waals surface area contributed by atoms with Gasteiger partial charge in [-0.15, -0.1) is 12.4 Å². The third-order valence-corrected chi connectivity index (χ3v) is 3.93. The summed E-state index contributed by atoms with van der Waals surface area (Å²) in [6, 6.07) is 0.367. The molecule has 0 bridgehead atoms. The Morgan fingerprint density at radius 2 is 2.28 bits per heavy atom. The van der Waals surface area contributed by atoms with E-state index in [4.69, 9.17) is 4.74 Å². The van der Waals surface area contributed by atoms with Gasteiger partial charge in [0.2, 0.25) is 0 Å². The minimum atomic E-state index is -0.286. The monoisotopic (exact) mass is 276 g/mol. The number of hydrogen-bond acceptors (Lipinski definition) is 3. The molecule has 4 nitrogen and oxygen atoms in total. The van der Waals surface area contributed by atoms with Crippen molar-refractivity contribution in [2.75, 3.05) is 19.7 Å². The number of hydrogen-bond donors (Lipinski definition) is 2. The van der Waals surface area contributed by atoms with Gasteiger partial charge in [0, 0.05) is 19.1 Å². The van der Waals surface area contributed by atoms with Gasteiger partial charge >= 0.3 is 0 Å². The molecule has 2 rings (SSSR count).